The lowest BCUT2D eigenvalue weighted by atomic mass is 9.82. The molecule has 2 fully saturated rings. The Balaban J connectivity index is 1.59. The highest BCUT2D eigenvalue weighted by molar-refractivity contribution is 6.48. The maximum atomic E-state index is 13.7. The minimum atomic E-state index is -1.07. The molecule has 2 unspecified atom stereocenters. The first-order valence-corrected chi connectivity index (χ1v) is 12.4. The second-order valence-corrected chi connectivity index (χ2v) is 9.73. The largest absolute Gasteiger partial charge is 0.491 e. The molecule has 1 saturated heterocycles. The van der Waals surface area contributed by atoms with Crippen molar-refractivity contribution in [1.29, 1.82) is 0 Å². The van der Waals surface area contributed by atoms with Crippen LogP contribution in [0.1, 0.15) is 57.0 Å². The van der Waals surface area contributed by atoms with Gasteiger partial charge in [0.15, 0.2) is 0 Å². The molecule has 0 N–H and O–H groups in total. The molecule has 0 bridgehead atoms. The van der Waals surface area contributed by atoms with E-state index in [9.17, 15) is 14.4 Å². The van der Waals surface area contributed by atoms with Crippen LogP contribution >= 0.6 is 0 Å². The molecular weight excluding hydrogens is 458 g/mol. The number of rotatable bonds is 7. The lowest BCUT2D eigenvalue weighted by molar-refractivity contribution is -0.140. The lowest BCUT2D eigenvalue weighted by Gasteiger charge is -2.30. The number of amides is 1. The molecule has 36 heavy (non-hydrogen) atoms. The topological polar surface area (TPSA) is 103 Å². The molecule has 0 spiro atoms. The summed E-state index contributed by atoms with van der Waals surface area (Å²) in [5.41, 5.74) is 1.88. The number of para-hydroxylation sites is 1. The number of carbonyl (C=O) groups excluding carboxylic acids is 3. The number of ether oxygens (including phenoxy) is 1. The average Bonchev–Trinajstić information content (AvgIpc) is 3.60. The number of benzene rings is 2. The molecule has 1 aliphatic heterocycles. The zero-order valence-corrected chi connectivity index (χ0v) is 20.6. The summed E-state index contributed by atoms with van der Waals surface area (Å²) in [7, 11) is 0. The Labute approximate surface area is 209 Å². The van der Waals surface area contributed by atoms with Gasteiger partial charge in [0.05, 0.1) is 12.1 Å². The molecule has 2 heterocycles. The summed E-state index contributed by atoms with van der Waals surface area (Å²) in [6.07, 6.45) is 3.32. The number of hydrogen-bond donors (Lipinski definition) is 0. The number of aryl methyl sites for hydroxylation is 1. The number of Topliss-reactive ketones (excluding diaryl/α,β-unsaturated/α-hetero) is 2. The monoisotopic (exact) mass is 487 g/mol. The first-order valence-electron chi connectivity index (χ1n) is 12.4. The third-order valence-corrected chi connectivity index (χ3v) is 6.90. The molecule has 3 aromatic rings. The van der Waals surface area contributed by atoms with Crippen molar-refractivity contribution in [1.82, 2.24) is 10.1 Å². The summed E-state index contributed by atoms with van der Waals surface area (Å²) < 4.78 is 11.1. The number of aromatic nitrogens is 2. The fraction of sp³-hybridized carbons (Fsp3) is 0.393. The minimum Gasteiger partial charge on any atom is -0.491 e. The molecule has 5 rings (SSSR count). The summed E-state index contributed by atoms with van der Waals surface area (Å²) >= 11 is 0. The van der Waals surface area contributed by atoms with Gasteiger partial charge in [0, 0.05) is 29.7 Å². The van der Waals surface area contributed by atoms with Crippen LogP contribution in [0, 0.1) is 18.8 Å². The first kappa shape index (κ1) is 23.9. The number of carbonyl (C=O) groups is 3. The number of nitrogens with zero attached hydrogens (tertiary/aromatic N) is 3. The van der Waals surface area contributed by atoms with Crippen molar-refractivity contribution < 1.29 is 23.6 Å². The van der Waals surface area contributed by atoms with Gasteiger partial charge in [-0.1, -0.05) is 36.2 Å². The molecule has 0 radical (unpaired) electrons. The molecule has 2 aliphatic rings. The summed E-state index contributed by atoms with van der Waals surface area (Å²) in [5, 5.41) is 3.94. The van der Waals surface area contributed by atoms with Crippen LogP contribution in [0.4, 0.5) is 5.69 Å². The Kier molecular flexibility index (Phi) is 6.43. The fourth-order valence-corrected chi connectivity index (χ4v) is 5.29. The Hall–Kier alpha value is -3.81. The van der Waals surface area contributed by atoms with Crippen molar-refractivity contribution in [3.63, 3.8) is 0 Å². The SMILES string of the molecule is Cc1nc(-c2ccc(N3C(=O)C(=O)C(C(=O)C4CCCC4)C3c3ccccc3OC(C)C)cc2)no1. The van der Waals surface area contributed by atoms with Gasteiger partial charge in [-0.25, -0.2) is 0 Å². The van der Waals surface area contributed by atoms with E-state index in [1.54, 1.807) is 31.2 Å². The van der Waals surface area contributed by atoms with Crippen LogP contribution < -0.4 is 9.64 Å². The number of anilines is 1. The van der Waals surface area contributed by atoms with E-state index in [0.717, 1.165) is 25.7 Å². The lowest BCUT2D eigenvalue weighted by Crippen LogP contribution is -2.33. The van der Waals surface area contributed by atoms with Crippen molar-refractivity contribution in [2.45, 2.75) is 58.6 Å². The van der Waals surface area contributed by atoms with Crippen LogP contribution in [0.3, 0.4) is 0 Å². The Morgan fingerprint density at radius 2 is 1.75 bits per heavy atom. The third-order valence-electron chi connectivity index (χ3n) is 6.90. The zero-order chi connectivity index (χ0) is 25.4. The van der Waals surface area contributed by atoms with Gasteiger partial charge in [-0.05, 0) is 57.0 Å². The molecule has 1 aromatic heterocycles. The highest BCUT2D eigenvalue weighted by atomic mass is 16.5. The van der Waals surface area contributed by atoms with Crippen LogP contribution in [0.2, 0.25) is 0 Å². The molecule has 186 valence electrons. The third kappa shape index (κ3) is 4.32. The Morgan fingerprint density at radius 3 is 2.39 bits per heavy atom. The van der Waals surface area contributed by atoms with Gasteiger partial charge in [-0.3, -0.25) is 19.3 Å². The van der Waals surface area contributed by atoms with E-state index in [1.807, 2.05) is 38.1 Å². The van der Waals surface area contributed by atoms with E-state index in [2.05, 4.69) is 10.1 Å². The second kappa shape index (κ2) is 9.68. The smallest absolute Gasteiger partial charge is 0.295 e. The average molecular weight is 488 g/mol. The van der Waals surface area contributed by atoms with Gasteiger partial charge in [-0.15, -0.1) is 0 Å². The van der Waals surface area contributed by atoms with Crippen molar-refractivity contribution in [2.24, 2.45) is 11.8 Å². The number of ketones is 2. The molecule has 2 atom stereocenters. The predicted molar refractivity (Wildman–Crippen MR) is 132 cm³/mol. The molecule has 8 nitrogen and oxygen atoms in total. The summed E-state index contributed by atoms with van der Waals surface area (Å²) in [6, 6.07) is 13.6. The molecule has 2 aromatic carbocycles. The summed E-state index contributed by atoms with van der Waals surface area (Å²) in [6.45, 7) is 5.54. The van der Waals surface area contributed by atoms with E-state index in [4.69, 9.17) is 9.26 Å². The normalized spacial score (nSPS) is 20.5. The summed E-state index contributed by atoms with van der Waals surface area (Å²) in [5.74, 6) is -1.31. The van der Waals surface area contributed by atoms with E-state index < -0.39 is 23.7 Å². The van der Waals surface area contributed by atoms with E-state index in [1.165, 1.54) is 4.90 Å². The minimum absolute atomic E-state index is 0.117. The molecular formula is C28H29N3O5. The quantitative estimate of drug-likeness (QED) is 0.346. The Morgan fingerprint density at radius 1 is 1.06 bits per heavy atom. The van der Waals surface area contributed by atoms with Crippen LogP contribution in [0.5, 0.6) is 5.75 Å². The van der Waals surface area contributed by atoms with E-state index >= 15 is 0 Å². The zero-order valence-electron chi connectivity index (χ0n) is 20.6. The number of hydrogen-bond acceptors (Lipinski definition) is 7. The van der Waals surface area contributed by atoms with Crippen molar-refractivity contribution in [3.05, 3.63) is 60.0 Å². The Bertz CT molecular complexity index is 1290. The second-order valence-electron chi connectivity index (χ2n) is 9.73. The van der Waals surface area contributed by atoms with Gasteiger partial charge >= 0.3 is 0 Å². The van der Waals surface area contributed by atoms with Crippen LogP contribution in [0.25, 0.3) is 11.4 Å². The van der Waals surface area contributed by atoms with Crippen LogP contribution in [-0.4, -0.2) is 33.7 Å². The summed E-state index contributed by atoms with van der Waals surface area (Å²) in [4.78, 5) is 46.2. The fourth-order valence-electron chi connectivity index (χ4n) is 5.29. The van der Waals surface area contributed by atoms with E-state index in [-0.39, 0.29) is 17.8 Å². The van der Waals surface area contributed by atoms with E-state index in [0.29, 0.717) is 34.3 Å². The molecule has 1 saturated carbocycles. The van der Waals surface area contributed by atoms with Gasteiger partial charge in [0.25, 0.3) is 5.91 Å². The van der Waals surface area contributed by atoms with Crippen molar-refractivity contribution in [3.8, 4) is 17.1 Å². The van der Waals surface area contributed by atoms with Gasteiger partial charge in [0.1, 0.15) is 17.5 Å². The highest BCUT2D eigenvalue weighted by Crippen LogP contribution is 2.45. The van der Waals surface area contributed by atoms with Crippen molar-refractivity contribution >= 4 is 23.2 Å². The van der Waals surface area contributed by atoms with Gasteiger partial charge < -0.3 is 9.26 Å². The maximum Gasteiger partial charge on any atom is 0.295 e. The van der Waals surface area contributed by atoms with Gasteiger partial charge in [0.2, 0.25) is 17.5 Å². The molecule has 1 aliphatic carbocycles. The highest BCUT2D eigenvalue weighted by Gasteiger charge is 2.54. The maximum absolute atomic E-state index is 13.7. The van der Waals surface area contributed by atoms with Gasteiger partial charge in [-0.2, -0.15) is 4.98 Å². The predicted octanol–water partition coefficient (Wildman–Crippen LogP) is 4.86. The standard InChI is InChI=1S/C28H29N3O5/c1-16(2)35-22-11-7-6-10-21(22)24-23(25(32)18-8-4-5-9-18)26(33)28(34)31(24)20-14-12-19(13-15-20)27-29-17(3)36-30-27/h6-7,10-16,18,23-24H,4-5,8-9H2,1-3H3. The molecule has 8 heteroatoms. The molecule has 1 amide bonds. The van der Waals surface area contributed by atoms with Crippen LogP contribution in [-0.2, 0) is 14.4 Å². The van der Waals surface area contributed by atoms with Crippen molar-refractivity contribution in [2.75, 3.05) is 4.90 Å². The van der Waals surface area contributed by atoms with Crippen LogP contribution in [0.15, 0.2) is 53.1 Å². The first-order chi connectivity index (χ1) is 17.3.